The summed E-state index contributed by atoms with van der Waals surface area (Å²) in [6.45, 7) is 0.0225. The summed E-state index contributed by atoms with van der Waals surface area (Å²) in [6, 6.07) is 5.18. The van der Waals surface area contributed by atoms with Crippen molar-refractivity contribution in [3.05, 3.63) is 28.2 Å². The van der Waals surface area contributed by atoms with Crippen molar-refractivity contribution in [1.82, 2.24) is 15.1 Å². The summed E-state index contributed by atoms with van der Waals surface area (Å²) in [4.78, 5) is 39.0. The summed E-state index contributed by atoms with van der Waals surface area (Å²) in [5, 5.41) is 6.11. The van der Waals surface area contributed by atoms with Gasteiger partial charge in [-0.2, -0.15) is 0 Å². The Balaban J connectivity index is 1.78. The number of anilines is 1. The number of amides is 3. The zero-order valence-electron chi connectivity index (χ0n) is 14.7. The van der Waals surface area contributed by atoms with Gasteiger partial charge in [0.15, 0.2) is 0 Å². The molecule has 1 fully saturated rings. The van der Waals surface area contributed by atoms with E-state index in [0.717, 1.165) is 12.8 Å². The van der Waals surface area contributed by atoms with Gasteiger partial charge in [-0.15, -0.1) is 0 Å². The zero-order valence-corrected chi connectivity index (χ0v) is 16.2. The molecule has 142 valence electrons. The van der Waals surface area contributed by atoms with Crippen LogP contribution >= 0.6 is 23.2 Å². The maximum atomic E-state index is 12.2. The Morgan fingerprint density at radius 2 is 1.65 bits per heavy atom. The minimum absolute atomic E-state index is 0.0364. The van der Waals surface area contributed by atoms with Gasteiger partial charge < -0.3 is 15.5 Å². The molecule has 0 aromatic heterocycles. The SMILES string of the molecule is CN(CC(=O)NC1CC1)CC(=O)N(C)CC(=O)Nc1c(Cl)cccc1Cl. The lowest BCUT2D eigenvalue weighted by molar-refractivity contribution is -0.134. The highest BCUT2D eigenvalue weighted by Crippen LogP contribution is 2.29. The predicted octanol–water partition coefficient (Wildman–Crippen LogP) is 1.60. The molecule has 0 unspecified atom stereocenters. The largest absolute Gasteiger partial charge is 0.352 e. The lowest BCUT2D eigenvalue weighted by Crippen LogP contribution is -2.43. The van der Waals surface area contributed by atoms with Crippen molar-refractivity contribution in [1.29, 1.82) is 0 Å². The third kappa shape index (κ3) is 6.48. The van der Waals surface area contributed by atoms with E-state index in [9.17, 15) is 14.4 Å². The number of nitrogens with zero attached hydrogens (tertiary/aromatic N) is 2. The zero-order chi connectivity index (χ0) is 19.3. The second-order valence-corrected chi connectivity index (χ2v) is 7.22. The van der Waals surface area contributed by atoms with E-state index in [4.69, 9.17) is 23.2 Å². The summed E-state index contributed by atoms with van der Waals surface area (Å²) in [5.74, 6) is -0.784. The van der Waals surface area contributed by atoms with Gasteiger partial charge in [-0.25, -0.2) is 0 Å². The van der Waals surface area contributed by atoms with Crippen LogP contribution in [-0.2, 0) is 14.4 Å². The van der Waals surface area contributed by atoms with Gasteiger partial charge in [0.2, 0.25) is 17.7 Å². The van der Waals surface area contributed by atoms with Gasteiger partial charge in [0, 0.05) is 13.1 Å². The molecule has 0 radical (unpaired) electrons. The van der Waals surface area contributed by atoms with Crippen LogP contribution in [0.25, 0.3) is 0 Å². The first-order valence-electron chi connectivity index (χ1n) is 8.22. The van der Waals surface area contributed by atoms with E-state index in [1.165, 1.54) is 11.9 Å². The molecular formula is C17H22Cl2N4O3. The molecule has 0 bridgehead atoms. The Bertz CT molecular complexity index is 674. The van der Waals surface area contributed by atoms with Crippen LogP contribution in [0.1, 0.15) is 12.8 Å². The van der Waals surface area contributed by atoms with Crippen molar-refractivity contribution in [3.63, 3.8) is 0 Å². The molecule has 1 aliphatic carbocycles. The number of hydrogen-bond acceptors (Lipinski definition) is 4. The van der Waals surface area contributed by atoms with Crippen LogP contribution in [0.5, 0.6) is 0 Å². The highest BCUT2D eigenvalue weighted by molar-refractivity contribution is 6.39. The second-order valence-electron chi connectivity index (χ2n) is 6.41. The number of carbonyl (C=O) groups is 3. The highest BCUT2D eigenvalue weighted by Gasteiger charge is 2.24. The van der Waals surface area contributed by atoms with Gasteiger partial charge >= 0.3 is 0 Å². The van der Waals surface area contributed by atoms with Crippen LogP contribution in [0.4, 0.5) is 5.69 Å². The van der Waals surface area contributed by atoms with E-state index >= 15 is 0 Å². The van der Waals surface area contributed by atoms with Gasteiger partial charge in [-0.1, -0.05) is 29.3 Å². The number of nitrogens with one attached hydrogen (secondary N) is 2. The van der Waals surface area contributed by atoms with Gasteiger partial charge in [-0.05, 0) is 32.0 Å². The summed E-state index contributed by atoms with van der Waals surface area (Å²) in [6.07, 6.45) is 2.03. The number of rotatable bonds is 8. The minimum Gasteiger partial charge on any atom is -0.352 e. The van der Waals surface area contributed by atoms with Gasteiger partial charge in [0.1, 0.15) is 0 Å². The standard InChI is InChI=1S/C17H22Cl2N4O3/c1-22(8-14(24)20-11-6-7-11)10-16(26)23(2)9-15(25)21-17-12(18)4-3-5-13(17)19/h3-5,11H,6-10H2,1-2H3,(H,20,24)(H,21,25). The molecule has 0 heterocycles. The second kappa shape index (κ2) is 9.21. The van der Waals surface area contributed by atoms with E-state index in [-0.39, 0.29) is 37.5 Å². The fraction of sp³-hybridized carbons (Fsp3) is 0.471. The van der Waals surface area contributed by atoms with Crippen molar-refractivity contribution in [3.8, 4) is 0 Å². The number of halogens is 2. The first kappa shape index (κ1) is 20.5. The number of hydrogen-bond donors (Lipinski definition) is 2. The Kier molecular flexibility index (Phi) is 7.25. The average molecular weight is 401 g/mol. The molecule has 1 aliphatic rings. The number of para-hydroxylation sites is 1. The Morgan fingerprint density at radius 3 is 2.23 bits per heavy atom. The lowest BCUT2D eigenvalue weighted by Gasteiger charge is -2.21. The van der Waals surface area contributed by atoms with Gasteiger partial charge in [0.25, 0.3) is 0 Å². The van der Waals surface area contributed by atoms with Crippen molar-refractivity contribution in [2.45, 2.75) is 18.9 Å². The first-order chi connectivity index (χ1) is 12.3. The monoisotopic (exact) mass is 400 g/mol. The minimum atomic E-state index is -0.412. The van der Waals surface area contributed by atoms with Crippen LogP contribution < -0.4 is 10.6 Å². The van der Waals surface area contributed by atoms with Crippen LogP contribution in [-0.4, -0.2) is 67.3 Å². The van der Waals surface area contributed by atoms with Crippen molar-refractivity contribution in [2.24, 2.45) is 0 Å². The highest BCUT2D eigenvalue weighted by atomic mass is 35.5. The molecule has 3 amide bonds. The molecule has 26 heavy (non-hydrogen) atoms. The van der Waals surface area contributed by atoms with Gasteiger partial charge in [-0.3, -0.25) is 19.3 Å². The molecular weight excluding hydrogens is 379 g/mol. The fourth-order valence-electron chi connectivity index (χ4n) is 2.25. The normalized spacial score (nSPS) is 13.4. The Hall–Kier alpha value is -1.83. The lowest BCUT2D eigenvalue weighted by atomic mass is 10.3. The number of likely N-dealkylation sites (N-methyl/N-ethyl adjacent to an activating group) is 2. The quantitative estimate of drug-likeness (QED) is 0.694. The molecule has 1 aromatic carbocycles. The van der Waals surface area contributed by atoms with Crippen LogP contribution in [0.2, 0.25) is 10.0 Å². The topological polar surface area (TPSA) is 81.8 Å². The summed E-state index contributed by atoms with van der Waals surface area (Å²) in [7, 11) is 3.20. The van der Waals surface area contributed by atoms with Crippen LogP contribution in [0.15, 0.2) is 18.2 Å². The average Bonchev–Trinajstić information content (AvgIpc) is 3.34. The van der Waals surface area contributed by atoms with E-state index in [1.807, 2.05) is 0 Å². The third-order valence-corrected chi connectivity index (χ3v) is 4.42. The molecule has 9 heteroatoms. The van der Waals surface area contributed by atoms with Crippen molar-refractivity contribution < 1.29 is 14.4 Å². The first-order valence-corrected chi connectivity index (χ1v) is 8.97. The maximum absolute atomic E-state index is 12.2. The summed E-state index contributed by atoms with van der Waals surface area (Å²) >= 11 is 12.0. The molecule has 1 aromatic rings. The molecule has 7 nitrogen and oxygen atoms in total. The number of benzene rings is 1. The molecule has 0 spiro atoms. The Labute approximate surface area is 162 Å². The summed E-state index contributed by atoms with van der Waals surface area (Å²) < 4.78 is 0. The third-order valence-electron chi connectivity index (χ3n) is 3.79. The molecule has 0 saturated heterocycles. The summed E-state index contributed by atoms with van der Waals surface area (Å²) in [5.41, 5.74) is 0.315. The van der Waals surface area contributed by atoms with Gasteiger partial charge in [0.05, 0.1) is 35.4 Å². The Morgan fingerprint density at radius 1 is 1.04 bits per heavy atom. The fourth-order valence-corrected chi connectivity index (χ4v) is 2.75. The predicted molar refractivity (Wildman–Crippen MR) is 101 cm³/mol. The molecule has 0 aliphatic heterocycles. The maximum Gasteiger partial charge on any atom is 0.244 e. The van der Waals surface area contributed by atoms with E-state index in [2.05, 4.69) is 10.6 Å². The van der Waals surface area contributed by atoms with Crippen molar-refractivity contribution >= 4 is 46.6 Å². The molecule has 1 saturated carbocycles. The van der Waals surface area contributed by atoms with E-state index in [1.54, 1.807) is 30.1 Å². The molecule has 0 atom stereocenters. The van der Waals surface area contributed by atoms with Crippen molar-refractivity contribution in [2.75, 3.05) is 39.0 Å². The molecule has 2 N–H and O–H groups in total. The number of carbonyl (C=O) groups excluding carboxylic acids is 3. The van der Waals surface area contributed by atoms with E-state index in [0.29, 0.717) is 15.7 Å². The van der Waals surface area contributed by atoms with Crippen LogP contribution in [0, 0.1) is 0 Å². The van der Waals surface area contributed by atoms with Crippen LogP contribution in [0.3, 0.4) is 0 Å². The smallest absolute Gasteiger partial charge is 0.244 e. The van der Waals surface area contributed by atoms with E-state index < -0.39 is 5.91 Å². The molecule has 2 rings (SSSR count).